The van der Waals surface area contributed by atoms with Crippen molar-refractivity contribution in [3.63, 3.8) is 0 Å². The van der Waals surface area contributed by atoms with Crippen molar-refractivity contribution in [2.75, 3.05) is 31.2 Å². The minimum absolute atomic E-state index is 0.102. The number of nitrogens with zero attached hydrogens (tertiary/aromatic N) is 2. The standard InChI is InChI=1S/C16H18N2O4/c1-2-20-16(19)12-5-6-15(17-10-12)18-7-9-22-14(11-18)13-4-3-8-21-13/h3-6,8,10,14H,2,7,9,11H2,1H3. The largest absolute Gasteiger partial charge is 0.467 e. The van der Waals surface area contributed by atoms with Crippen molar-refractivity contribution in [2.24, 2.45) is 0 Å². The topological polar surface area (TPSA) is 64.8 Å². The molecule has 1 atom stereocenters. The number of pyridine rings is 1. The number of morpholine rings is 1. The predicted molar refractivity (Wildman–Crippen MR) is 79.8 cm³/mol. The highest BCUT2D eigenvalue weighted by atomic mass is 16.5. The monoisotopic (exact) mass is 302 g/mol. The number of furan rings is 1. The molecule has 1 saturated heterocycles. The molecule has 1 aliphatic heterocycles. The Bertz CT molecular complexity index is 610. The fourth-order valence-electron chi connectivity index (χ4n) is 2.41. The number of ether oxygens (including phenoxy) is 2. The van der Waals surface area contributed by atoms with E-state index in [-0.39, 0.29) is 12.1 Å². The molecular weight excluding hydrogens is 284 g/mol. The lowest BCUT2D eigenvalue weighted by Crippen LogP contribution is -2.38. The van der Waals surface area contributed by atoms with Crippen LogP contribution < -0.4 is 4.90 Å². The van der Waals surface area contributed by atoms with Crippen molar-refractivity contribution in [2.45, 2.75) is 13.0 Å². The first kappa shape index (κ1) is 14.6. The summed E-state index contributed by atoms with van der Waals surface area (Å²) in [5, 5.41) is 0. The molecule has 2 aromatic heterocycles. The molecular formula is C16H18N2O4. The highest BCUT2D eigenvalue weighted by Crippen LogP contribution is 2.25. The van der Waals surface area contributed by atoms with Crippen LogP contribution in [0.1, 0.15) is 29.1 Å². The van der Waals surface area contributed by atoms with Crippen LogP contribution >= 0.6 is 0 Å². The van der Waals surface area contributed by atoms with E-state index < -0.39 is 0 Å². The maximum Gasteiger partial charge on any atom is 0.339 e. The summed E-state index contributed by atoms with van der Waals surface area (Å²) >= 11 is 0. The van der Waals surface area contributed by atoms with Crippen LogP contribution in [0.5, 0.6) is 0 Å². The maximum atomic E-state index is 11.6. The fourth-order valence-corrected chi connectivity index (χ4v) is 2.41. The molecule has 2 aromatic rings. The Hall–Kier alpha value is -2.34. The van der Waals surface area contributed by atoms with Crippen LogP contribution in [0.2, 0.25) is 0 Å². The van der Waals surface area contributed by atoms with Crippen LogP contribution in [0.4, 0.5) is 5.82 Å². The van der Waals surface area contributed by atoms with Gasteiger partial charge >= 0.3 is 5.97 Å². The van der Waals surface area contributed by atoms with Gasteiger partial charge in [0.1, 0.15) is 17.7 Å². The Morgan fingerprint density at radius 3 is 3.05 bits per heavy atom. The van der Waals surface area contributed by atoms with Crippen LogP contribution in [0, 0.1) is 0 Å². The minimum atomic E-state index is -0.350. The van der Waals surface area contributed by atoms with Gasteiger partial charge in [-0.15, -0.1) is 0 Å². The molecule has 6 nitrogen and oxygen atoms in total. The zero-order valence-electron chi connectivity index (χ0n) is 12.4. The lowest BCUT2D eigenvalue weighted by atomic mass is 10.2. The smallest absolute Gasteiger partial charge is 0.339 e. The summed E-state index contributed by atoms with van der Waals surface area (Å²) in [4.78, 5) is 18.1. The van der Waals surface area contributed by atoms with Gasteiger partial charge in [-0.25, -0.2) is 9.78 Å². The maximum absolute atomic E-state index is 11.6. The second kappa shape index (κ2) is 6.62. The van der Waals surface area contributed by atoms with Gasteiger partial charge in [-0.05, 0) is 31.2 Å². The Labute approximate surface area is 128 Å². The lowest BCUT2D eigenvalue weighted by Gasteiger charge is -2.32. The van der Waals surface area contributed by atoms with Crippen LogP contribution in [0.3, 0.4) is 0 Å². The summed E-state index contributed by atoms with van der Waals surface area (Å²) in [5.41, 5.74) is 0.460. The molecule has 0 bridgehead atoms. The van der Waals surface area contributed by atoms with E-state index in [0.29, 0.717) is 25.3 Å². The van der Waals surface area contributed by atoms with Gasteiger partial charge in [0.25, 0.3) is 0 Å². The molecule has 1 fully saturated rings. The van der Waals surface area contributed by atoms with Crippen molar-refractivity contribution < 1.29 is 18.7 Å². The van der Waals surface area contributed by atoms with Gasteiger partial charge < -0.3 is 18.8 Å². The summed E-state index contributed by atoms with van der Waals surface area (Å²) in [7, 11) is 0. The average Bonchev–Trinajstić information content (AvgIpc) is 3.10. The van der Waals surface area contributed by atoms with Crippen molar-refractivity contribution in [1.82, 2.24) is 4.98 Å². The molecule has 3 rings (SSSR count). The summed E-state index contributed by atoms with van der Waals surface area (Å²) in [5.74, 6) is 1.28. The van der Waals surface area contributed by atoms with Gasteiger partial charge in [-0.3, -0.25) is 0 Å². The van der Waals surface area contributed by atoms with E-state index in [1.165, 1.54) is 0 Å². The molecule has 0 radical (unpaired) electrons. The van der Waals surface area contributed by atoms with Gasteiger partial charge in [-0.1, -0.05) is 0 Å². The highest BCUT2D eigenvalue weighted by Gasteiger charge is 2.24. The minimum Gasteiger partial charge on any atom is -0.467 e. The Morgan fingerprint density at radius 1 is 1.45 bits per heavy atom. The molecule has 0 N–H and O–H groups in total. The summed E-state index contributed by atoms with van der Waals surface area (Å²) < 4.78 is 16.1. The number of aromatic nitrogens is 1. The number of carbonyl (C=O) groups is 1. The molecule has 3 heterocycles. The Balaban J connectivity index is 1.69. The van der Waals surface area contributed by atoms with E-state index >= 15 is 0 Å². The van der Waals surface area contributed by atoms with Crippen LogP contribution in [-0.2, 0) is 9.47 Å². The second-order valence-corrected chi connectivity index (χ2v) is 4.95. The van der Waals surface area contributed by atoms with Crippen molar-refractivity contribution in [3.8, 4) is 0 Å². The number of hydrogen-bond donors (Lipinski definition) is 0. The van der Waals surface area contributed by atoms with E-state index in [4.69, 9.17) is 13.9 Å². The first-order chi connectivity index (χ1) is 10.8. The number of hydrogen-bond acceptors (Lipinski definition) is 6. The molecule has 116 valence electrons. The van der Waals surface area contributed by atoms with Crippen molar-refractivity contribution in [1.29, 1.82) is 0 Å². The first-order valence-electron chi connectivity index (χ1n) is 7.31. The van der Waals surface area contributed by atoms with Gasteiger partial charge in [-0.2, -0.15) is 0 Å². The third kappa shape index (κ3) is 3.12. The summed E-state index contributed by atoms with van der Waals surface area (Å²) in [6.45, 7) is 4.16. The number of rotatable bonds is 4. The van der Waals surface area contributed by atoms with Gasteiger partial charge in [0.2, 0.25) is 0 Å². The second-order valence-electron chi connectivity index (χ2n) is 4.95. The van der Waals surface area contributed by atoms with E-state index in [2.05, 4.69) is 9.88 Å². The number of anilines is 1. The molecule has 0 saturated carbocycles. The molecule has 0 aromatic carbocycles. The van der Waals surface area contributed by atoms with Gasteiger partial charge in [0.05, 0.1) is 31.6 Å². The molecule has 0 amide bonds. The van der Waals surface area contributed by atoms with E-state index in [9.17, 15) is 4.79 Å². The van der Waals surface area contributed by atoms with E-state index in [0.717, 1.165) is 18.1 Å². The van der Waals surface area contributed by atoms with Crippen molar-refractivity contribution in [3.05, 3.63) is 48.0 Å². The highest BCUT2D eigenvalue weighted by molar-refractivity contribution is 5.89. The molecule has 6 heteroatoms. The first-order valence-corrected chi connectivity index (χ1v) is 7.31. The third-order valence-corrected chi connectivity index (χ3v) is 3.51. The van der Waals surface area contributed by atoms with Gasteiger partial charge in [0.15, 0.2) is 0 Å². The van der Waals surface area contributed by atoms with Gasteiger partial charge in [0, 0.05) is 12.7 Å². The van der Waals surface area contributed by atoms with E-state index in [1.54, 1.807) is 25.5 Å². The zero-order valence-corrected chi connectivity index (χ0v) is 12.4. The summed E-state index contributed by atoms with van der Waals surface area (Å²) in [6.07, 6.45) is 3.09. The Kier molecular flexibility index (Phi) is 4.39. The lowest BCUT2D eigenvalue weighted by molar-refractivity contribution is 0.0255. The van der Waals surface area contributed by atoms with Crippen LogP contribution in [0.25, 0.3) is 0 Å². The fraction of sp³-hybridized carbons (Fsp3) is 0.375. The quantitative estimate of drug-likeness (QED) is 0.808. The zero-order chi connectivity index (χ0) is 15.4. The normalized spacial score (nSPS) is 18.2. The summed E-state index contributed by atoms with van der Waals surface area (Å²) in [6, 6.07) is 7.32. The molecule has 22 heavy (non-hydrogen) atoms. The SMILES string of the molecule is CCOC(=O)c1ccc(N2CCOC(c3ccco3)C2)nc1. The molecule has 1 unspecified atom stereocenters. The Morgan fingerprint density at radius 2 is 2.36 bits per heavy atom. The number of carbonyl (C=O) groups excluding carboxylic acids is 1. The predicted octanol–water partition coefficient (Wildman–Crippen LogP) is 2.43. The molecule has 1 aliphatic rings. The average molecular weight is 302 g/mol. The van der Waals surface area contributed by atoms with Crippen molar-refractivity contribution >= 4 is 11.8 Å². The van der Waals surface area contributed by atoms with E-state index in [1.807, 2.05) is 18.2 Å². The number of esters is 1. The third-order valence-electron chi connectivity index (χ3n) is 3.51. The molecule has 0 aliphatic carbocycles. The molecule has 0 spiro atoms. The van der Waals surface area contributed by atoms with Crippen LogP contribution in [-0.4, -0.2) is 37.3 Å². The van der Waals surface area contributed by atoms with Crippen LogP contribution in [0.15, 0.2) is 41.1 Å².